The summed E-state index contributed by atoms with van der Waals surface area (Å²) in [4.78, 5) is 5.41. The number of thiazole rings is 1. The lowest BCUT2D eigenvalue weighted by molar-refractivity contribution is 0.0313. The molecule has 2 aromatic rings. The lowest BCUT2D eigenvalue weighted by Gasteiger charge is -2.23. The van der Waals surface area contributed by atoms with Crippen LogP contribution in [0, 0.1) is 13.8 Å². The molecule has 0 bridgehead atoms. The summed E-state index contributed by atoms with van der Waals surface area (Å²) in [6.07, 6.45) is 1.88. The zero-order chi connectivity index (χ0) is 14.0. The minimum atomic E-state index is -1.01. The Kier molecular flexibility index (Phi) is 4.08. The average molecular weight is 280 g/mol. The maximum absolute atomic E-state index is 10.4. The number of hydrogen-bond donors (Lipinski definition) is 2. The summed E-state index contributed by atoms with van der Waals surface area (Å²) in [5, 5.41) is 14.8. The van der Waals surface area contributed by atoms with Crippen molar-refractivity contribution in [3.63, 3.8) is 0 Å². The van der Waals surface area contributed by atoms with Gasteiger partial charge in [-0.1, -0.05) is 0 Å². The topological polar surface area (TPSA) is 58.3 Å². The van der Waals surface area contributed by atoms with Gasteiger partial charge >= 0.3 is 0 Å². The minimum absolute atomic E-state index is 0.161. The molecule has 2 unspecified atom stereocenters. The third-order valence-corrected chi connectivity index (χ3v) is 4.19. The molecule has 0 saturated carbocycles. The first-order valence-corrected chi connectivity index (χ1v) is 7.15. The molecule has 0 aromatic carbocycles. The largest absolute Gasteiger partial charge is 0.463 e. The smallest absolute Gasteiger partial charge is 0.136 e. The molecule has 2 rings (SSSR count). The normalized spacial score (nSPS) is 16.3. The number of aryl methyl sites for hydroxylation is 2. The number of aliphatic hydroxyl groups is 1. The van der Waals surface area contributed by atoms with Gasteiger partial charge in [0.15, 0.2) is 0 Å². The average Bonchev–Trinajstić information content (AvgIpc) is 2.95. The van der Waals surface area contributed by atoms with Gasteiger partial charge in [0.25, 0.3) is 0 Å². The summed E-state index contributed by atoms with van der Waals surface area (Å²) in [7, 11) is 0. The van der Waals surface area contributed by atoms with E-state index in [1.54, 1.807) is 18.3 Å². The van der Waals surface area contributed by atoms with E-state index in [9.17, 15) is 5.11 Å². The van der Waals surface area contributed by atoms with Crippen LogP contribution in [-0.4, -0.2) is 16.6 Å². The Balaban J connectivity index is 1.97. The molecule has 0 spiro atoms. The summed E-state index contributed by atoms with van der Waals surface area (Å²) in [5.74, 6) is 1.39. The van der Waals surface area contributed by atoms with Gasteiger partial charge in [0.2, 0.25) is 0 Å². The minimum Gasteiger partial charge on any atom is -0.463 e. The SMILES string of the molecule is Cc1ccc(C(C)(O)CNC(C)c2cnc(C)s2)o1. The van der Waals surface area contributed by atoms with Gasteiger partial charge in [-0.05, 0) is 39.8 Å². The number of nitrogens with one attached hydrogen (secondary N) is 1. The second-order valence-electron chi connectivity index (χ2n) is 5.07. The Labute approximate surface area is 117 Å². The third kappa shape index (κ3) is 3.43. The van der Waals surface area contributed by atoms with E-state index in [0.717, 1.165) is 10.8 Å². The van der Waals surface area contributed by atoms with Crippen molar-refractivity contribution in [1.29, 1.82) is 0 Å². The Bertz CT molecular complexity index is 545. The van der Waals surface area contributed by atoms with Crippen LogP contribution in [0.15, 0.2) is 22.7 Å². The molecule has 2 aromatic heterocycles. The van der Waals surface area contributed by atoms with Crippen molar-refractivity contribution in [2.75, 3.05) is 6.54 Å². The Hall–Kier alpha value is -1.17. The van der Waals surface area contributed by atoms with Crippen LogP contribution in [0.3, 0.4) is 0 Å². The van der Waals surface area contributed by atoms with E-state index in [1.165, 1.54) is 4.88 Å². The zero-order valence-electron chi connectivity index (χ0n) is 11.7. The molecule has 19 heavy (non-hydrogen) atoms. The highest BCUT2D eigenvalue weighted by atomic mass is 32.1. The van der Waals surface area contributed by atoms with Gasteiger partial charge in [-0.25, -0.2) is 4.98 Å². The molecule has 0 aliphatic rings. The summed E-state index contributed by atoms with van der Waals surface area (Å²) >= 11 is 1.67. The lowest BCUT2D eigenvalue weighted by atomic mass is 10.0. The van der Waals surface area contributed by atoms with E-state index in [2.05, 4.69) is 17.2 Å². The number of nitrogens with zero attached hydrogens (tertiary/aromatic N) is 1. The number of hydrogen-bond acceptors (Lipinski definition) is 5. The standard InChI is InChI=1S/C14H20N2O2S/c1-9-5-6-13(18-9)14(4,17)8-16-10(2)12-7-15-11(3)19-12/h5-7,10,16-17H,8H2,1-4H3. The molecule has 0 aliphatic heterocycles. The van der Waals surface area contributed by atoms with Crippen molar-refractivity contribution >= 4 is 11.3 Å². The second-order valence-corrected chi connectivity index (χ2v) is 6.33. The maximum atomic E-state index is 10.4. The summed E-state index contributed by atoms with van der Waals surface area (Å²) in [5.41, 5.74) is -1.01. The number of aromatic nitrogens is 1. The lowest BCUT2D eigenvalue weighted by Crippen LogP contribution is -2.36. The van der Waals surface area contributed by atoms with Crippen molar-refractivity contribution in [3.8, 4) is 0 Å². The van der Waals surface area contributed by atoms with E-state index < -0.39 is 5.60 Å². The molecule has 0 fully saturated rings. The summed E-state index contributed by atoms with van der Waals surface area (Å²) in [6.45, 7) is 8.11. The molecule has 4 nitrogen and oxygen atoms in total. The van der Waals surface area contributed by atoms with Gasteiger partial charge in [0, 0.05) is 23.7 Å². The Morgan fingerprint density at radius 1 is 1.47 bits per heavy atom. The molecule has 2 N–H and O–H groups in total. The van der Waals surface area contributed by atoms with Gasteiger partial charge in [0.1, 0.15) is 17.1 Å². The predicted molar refractivity (Wildman–Crippen MR) is 76.3 cm³/mol. The van der Waals surface area contributed by atoms with Crippen LogP contribution in [0.25, 0.3) is 0 Å². The zero-order valence-corrected chi connectivity index (χ0v) is 12.5. The highest BCUT2D eigenvalue weighted by molar-refractivity contribution is 7.11. The van der Waals surface area contributed by atoms with Crippen molar-refractivity contribution in [1.82, 2.24) is 10.3 Å². The maximum Gasteiger partial charge on any atom is 0.136 e. The molecule has 0 radical (unpaired) electrons. The van der Waals surface area contributed by atoms with Gasteiger partial charge in [-0.2, -0.15) is 0 Å². The van der Waals surface area contributed by atoms with Crippen LogP contribution in [0.5, 0.6) is 0 Å². The predicted octanol–water partition coefficient (Wildman–Crippen LogP) is 2.91. The van der Waals surface area contributed by atoms with Crippen molar-refractivity contribution < 1.29 is 9.52 Å². The third-order valence-electron chi connectivity index (χ3n) is 3.09. The highest BCUT2D eigenvalue weighted by Crippen LogP contribution is 2.24. The van der Waals surface area contributed by atoms with Gasteiger partial charge in [-0.3, -0.25) is 0 Å². The van der Waals surface area contributed by atoms with Crippen LogP contribution in [-0.2, 0) is 5.60 Å². The fraction of sp³-hybridized carbons (Fsp3) is 0.500. The molecule has 104 valence electrons. The van der Waals surface area contributed by atoms with Crippen LogP contribution in [0.4, 0.5) is 0 Å². The van der Waals surface area contributed by atoms with E-state index in [-0.39, 0.29) is 6.04 Å². The fourth-order valence-corrected chi connectivity index (χ4v) is 2.65. The summed E-state index contributed by atoms with van der Waals surface area (Å²) < 4.78 is 5.49. The van der Waals surface area contributed by atoms with Crippen LogP contribution in [0.2, 0.25) is 0 Å². The molecular formula is C14H20N2O2S. The molecular weight excluding hydrogens is 260 g/mol. The first-order valence-electron chi connectivity index (χ1n) is 6.33. The molecule has 0 saturated heterocycles. The van der Waals surface area contributed by atoms with Crippen molar-refractivity contribution in [3.05, 3.63) is 39.7 Å². The van der Waals surface area contributed by atoms with Gasteiger partial charge in [0.05, 0.1) is 5.01 Å². The molecule has 0 aliphatic carbocycles. The first-order chi connectivity index (χ1) is 8.88. The Morgan fingerprint density at radius 2 is 2.21 bits per heavy atom. The van der Waals surface area contributed by atoms with E-state index in [4.69, 9.17) is 4.42 Å². The van der Waals surface area contributed by atoms with Crippen LogP contribution in [0.1, 0.15) is 41.3 Å². The van der Waals surface area contributed by atoms with Crippen molar-refractivity contribution in [2.24, 2.45) is 0 Å². The fourth-order valence-electron chi connectivity index (χ4n) is 1.84. The number of rotatable bonds is 5. The van der Waals surface area contributed by atoms with E-state index in [0.29, 0.717) is 12.3 Å². The molecule has 0 amide bonds. The highest BCUT2D eigenvalue weighted by Gasteiger charge is 2.27. The second kappa shape index (κ2) is 5.45. The number of furan rings is 1. The van der Waals surface area contributed by atoms with Crippen LogP contribution >= 0.6 is 11.3 Å². The van der Waals surface area contributed by atoms with Crippen LogP contribution < -0.4 is 5.32 Å². The van der Waals surface area contributed by atoms with Gasteiger partial charge < -0.3 is 14.8 Å². The monoisotopic (exact) mass is 280 g/mol. The van der Waals surface area contributed by atoms with Crippen molar-refractivity contribution in [2.45, 2.75) is 39.3 Å². The molecule has 2 atom stereocenters. The quantitative estimate of drug-likeness (QED) is 0.884. The molecule has 5 heteroatoms. The first kappa shape index (κ1) is 14.2. The Morgan fingerprint density at radius 3 is 2.74 bits per heavy atom. The van der Waals surface area contributed by atoms with Gasteiger partial charge in [-0.15, -0.1) is 11.3 Å². The van der Waals surface area contributed by atoms with E-state index >= 15 is 0 Å². The van der Waals surface area contributed by atoms with E-state index in [1.807, 2.05) is 32.2 Å². The molecule has 2 heterocycles. The summed E-state index contributed by atoms with van der Waals surface area (Å²) in [6, 6.07) is 3.84.